The molecule has 1 atom stereocenters. The fourth-order valence-electron chi connectivity index (χ4n) is 4.52. The van der Waals surface area contributed by atoms with Crippen LogP contribution in [0, 0.1) is 6.92 Å². The van der Waals surface area contributed by atoms with Crippen LogP contribution in [0.1, 0.15) is 58.9 Å². The number of hydrogen-bond acceptors (Lipinski definition) is 4. The predicted molar refractivity (Wildman–Crippen MR) is 126 cm³/mol. The predicted octanol–water partition coefficient (Wildman–Crippen LogP) is 5.36. The highest BCUT2D eigenvalue weighted by atomic mass is 16.5. The summed E-state index contributed by atoms with van der Waals surface area (Å²) in [6, 6.07) is 14.8. The number of carboxylic acid groups (broad SMARTS) is 1. The van der Waals surface area contributed by atoms with Gasteiger partial charge in [-0.15, -0.1) is 0 Å². The van der Waals surface area contributed by atoms with E-state index in [0.29, 0.717) is 12.0 Å². The van der Waals surface area contributed by atoms with Gasteiger partial charge < -0.3 is 15.2 Å². The molecule has 166 valence electrons. The van der Waals surface area contributed by atoms with Gasteiger partial charge in [0.15, 0.2) is 0 Å². The standard InChI is InChI=1S/C27H30N2O3/c1-17(2)32-22-6-8-23(18(3)14-22)19-4-7-24-20(15-19)10-13-29-26(24)9-5-21-16-28-12-11-25(21)27(30)31/h4,6-8,11-12,14-17,26,29H,5,9-10,13H2,1-3H3,(H,30,31)/t26-/m0/s1. The fraction of sp³-hybridized carbons (Fsp3) is 0.333. The Morgan fingerprint density at radius 2 is 2.06 bits per heavy atom. The summed E-state index contributed by atoms with van der Waals surface area (Å²) in [5.74, 6) is 0.00355. The molecule has 1 aromatic heterocycles. The largest absolute Gasteiger partial charge is 0.491 e. The third-order valence-electron chi connectivity index (χ3n) is 6.02. The van der Waals surface area contributed by atoms with Gasteiger partial charge in [-0.1, -0.05) is 24.3 Å². The van der Waals surface area contributed by atoms with Crippen molar-refractivity contribution in [1.29, 1.82) is 0 Å². The first-order valence-corrected chi connectivity index (χ1v) is 11.2. The third-order valence-corrected chi connectivity index (χ3v) is 6.02. The lowest BCUT2D eigenvalue weighted by atomic mass is 9.87. The first-order chi connectivity index (χ1) is 15.4. The number of rotatable bonds is 7. The van der Waals surface area contributed by atoms with Gasteiger partial charge in [0.2, 0.25) is 0 Å². The highest BCUT2D eigenvalue weighted by molar-refractivity contribution is 5.89. The summed E-state index contributed by atoms with van der Waals surface area (Å²) in [4.78, 5) is 15.6. The maximum absolute atomic E-state index is 11.5. The van der Waals surface area contributed by atoms with Gasteiger partial charge in [-0.25, -0.2) is 4.79 Å². The smallest absolute Gasteiger partial charge is 0.336 e. The maximum Gasteiger partial charge on any atom is 0.336 e. The van der Waals surface area contributed by atoms with Gasteiger partial charge in [0, 0.05) is 18.4 Å². The Hall–Kier alpha value is -3.18. The van der Waals surface area contributed by atoms with Crippen molar-refractivity contribution in [3.8, 4) is 16.9 Å². The van der Waals surface area contributed by atoms with E-state index >= 15 is 0 Å². The van der Waals surface area contributed by atoms with Crippen molar-refractivity contribution in [2.75, 3.05) is 6.54 Å². The van der Waals surface area contributed by atoms with Crippen molar-refractivity contribution >= 4 is 5.97 Å². The van der Waals surface area contributed by atoms with E-state index in [2.05, 4.69) is 47.6 Å². The molecule has 5 heteroatoms. The summed E-state index contributed by atoms with van der Waals surface area (Å²) >= 11 is 0. The highest BCUT2D eigenvalue weighted by Crippen LogP contribution is 2.33. The molecule has 2 N–H and O–H groups in total. The van der Waals surface area contributed by atoms with Crippen LogP contribution in [0.3, 0.4) is 0 Å². The Labute approximate surface area is 189 Å². The number of aromatic carboxylic acids is 1. The normalized spacial score (nSPS) is 15.4. The van der Waals surface area contributed by atoms with Gasteiger partial charge in [-0.3, -0.25) is 4.98 Å². The number of fused-ring (bicyclic) bond motifs is 1. The SMILES string of the molecule is Cc1cc(OC(C)C)ccc1-c1ccc2c(c1)CCN[C@H]2CCc1cnccc1C(=O)O. The van der Waals surface area contributed by atoms with Crippen LogP contribution in [0.25, 0.3) is 11.1 Å². The second-order valence-electron chi connectivity index (χ2n) is 8.69. The summed E-state index contributed by atoms with van der Waals surface area (Å²) in [6.45, 7) is 7.11. The van der Waals surface area contributed by atoms with Crippen LogP contribution in [0.5, 0.6) is 5.75 Å². The molecule has 1 aliphatic rings. The molecule has 0 saturated carbocycles. The molecule has 2 heterocycles. The van der Waals surface area contributed by atoms with Gasteiger partial charge in [0.1, 0.15) is 5.75 Å². The Morgan fingerprint density at radius 3 is 2.81 bits per heavy atom. The van der Waals surface area contributed by atoms with Crippen LogP contribution in [0.4, 0.5) is 0 Å². The number of aromatic nitrogens is 1. The molecule has 0 amide bonds. The van der Waals surface area contributed by atoms with Crippen LogP contribution in [0.2, 0.25) is 0 Å². The monoisotopic (exact) mass is 430 g/mol. The molecule has 0 aliphatic carbocycles. The average Bonchev–Trinajstić information content (AvgIpc) is 2.77. The summed E-state index contributed by atoms with van der Waals surface area (Å²) in [7, 11) is 0. The lowest BCUT2D eigenvalue weighted by Gasteiger charge is -2.28. The molecule has 0 saturated heterocycles. The van der Waals surface area contributed by atoms with Gasteiger partial charge in [-0.05, 0) is 98.2 Å². The van der Waals surface area contributed by atoms with Crippen molar-refractivity contribution in [1.82, 2.24) is 10.3 Å². The molecule has 3 aromatic rings. The summed E-state index contributed by atoms with van der Waals surface area (Å²) < 4.78 is 5.83. The van der Waals surface area contributed by atoms with Crippen LogP contribution in [-0.2, 0) is 12.8 Å². The first-order valence-electron chi connectivity index (χ1n) is 11.2. The number of carbonyl (C=O) groups is 1. The number of hydrogen-bond donors (Lipinski definition) is 2. The molecule has 0 unspecified atom stereocenters. The molecule has 2 aromatic carbocycles. The molecule has 5 nitrogen and oxygen atoms in total. The number of pyridine rings is 1. The molecule has 0 radical (unpaired) electrons. The van der Waals surface area contributed by atoms with E-state index in [1.54, 1.807) is 12.3 Å². The minimum atomic E-state index is -0.899. The summed E-state index contributed by atoms with van der Waals surface area (Å²) in [5, 5.41) is 13.0. The number of aryl methyl sites for hydroxylation is 2. The van der Waals surface area contributed by atoms with Crippen LogP contribution < -0.4 is 10.1 Å². The molecule has 0 bridgehead atoms. The summed E-state index contributed by atoms with van der Waals surface area (Å²) in [5.41, 5.74) is 7.43. The molecule has 0 spiro atoms. The number of carboxylic acids is 1. The van der Waals surface area contributed by atoms with Crippen molar-refractivity contribution < 1.29 is 14.6 Å². The van der Waals surface area contributed by atoms with Crippen molar-refractivity contribution in [2.24, 2.45) is 0 Å². The lowest BCUT2D eigenvalue weighted by Crippen LogP contribution is -2.30. The Morgan fingerprint density at radius 1 is 1.22 bits per heavy atom. The van der Waals surface area contributed by atoms with Crippen molar-refractivity contribution in [3.63, 3.8) is 0 Å². The minimum Gasteiger partial charge on any atom is -0.491 e. The number of nitrogens with one attached hydrogen (secondary N) is 1. The van der Waals surface area contributed by atoms with E-state index in [1.165, 1.54) is 34.0 Å². The lowest BCUT2D eigenvalue weighted by molar-refractivity contribution is 0.0695. The van der Waals surface area contributed by atoms with E-state index in [-0.39, 0.29) is 12.1 Å². The average molecular weight is 431 g/mol. The van der Waals surface area contributed by atoms with Gasteiger partial charge >= 0.3 is 5.97 Å². The molecule has 32 heavy (non-hydrogen) atoms. The van der Waals surface area contributed by atoms with Crippen molar-refractivity contribution in [3.05, 3.63) is 82.7 Å². The second-order valence-corrected chi connectivity index (χ2v) is 8.69. The zero-order valence-corrected chi connectivity index (χ0v) is 18.9. The number of ether oxygens (including phenoxy) is 1. The Kier molecular flexibility index (Phi) is 6.56. The maximum atomic E-state index is 11.5. The second kappa shape index (κ2) is 9.53. The van der Waals surface area contributed by atoms with E-state index in [4.69, 9.17) is 4.74 Å². The van der Waals surface area contributed by atoms with E-state index in [9.17, 15) is 9.90 Å². The van der Waals surface area contributed by atoms with Crippen LogP contribution in [0.15, 0.2) is 54.9 Å². The Balaban J connectivity index is 1.54. The zero-order valence-electron chi connectivity index (χ0n) is 18.9. The van der Waals surface area contributed by atoms with Crippen LogP contribution >= 0.6 is 0 Å². The zero-order chi connectivity index (χ0) is 22.7. The van der Waals surface area contributed by atoms with Gasteiger partial charge in [-0.2, -0.15) is 0 Å². The van der Waals surface area contributed by atoms with E-state index < -0.39 is 5.97 Å². The molecular weight excluding hydrogens is 400 g/mol. The highest BCUT2D eigenvalue weighted by Gasteiger charge is 2.21. The van der Waals surface area contributed by atoms with Gasteiger partial charge in [0.25, 0.3) is 0 Å². The quantitative estimate of drug-likeness (QED) is 0.528. The topological polar surface area (TPSA) is 71.5 Å². The molecule has 0 fully saturated rings. The molecule has 1 aliphatic heterocycles. The number of nitrogens with zero attached hydrogens (tertiary/aromatic N) is 1. The Bertz CT molecular complexity index is 1120. The van der Waals surface area contributed by atoms with E-state index in [0.717, 1.165) is 30.7 Å². The van der Waals surface area contributed by atoms with Crippen molar-refractivity contribution in [2.45, 2.75) is 52.2 Å². The van der Waals surface area contributed by atoms with E-state index in [1.807, 2.05) is 19.9 Å². The van der Waals surface area contributed by atoms with Gasteiger partial charge in [0.05, 0.1) is 11.7 Å². The molecular formula is C27H30N2O3. The summed E-state index contributed by atoms with van der Waals surface area (Å²) in [6.07, 6.45) is 5.86. The number of benzene rings is 2. The molecule has 4 rings (SSSR count). The fourth-order valence-corrected chi connectivity index (χ4v) is 4.52. The first kappa shape index (κ1) is 22.0. The minimum absolute atomic E-state index is 0.159. The third kappa shape index (κ3) is 4.83. The van der Waals surface area contributed by atoms with Crippen LogP contribution in [-0.4, -0.2) is 28.7 Å².